The molecule has 4 nitrogen and oxygen atoms in total. The molecule has 0 unspecified atom stereocenters. The fourth-order valence-corrected chi connectivity index (χ4v) is 1.17. The summed E-state index contributed by atoms with van der Waals surface area (Å²) in [5.41, 5.74) is 1.32. The molecule has 0 radical (unpaired) electrons. The molecule has 0 amide bonds. The smallest absolute Gasteiger partial charge is 0.338 e. The molecule has 1 N–H and O–H groups in total. The summed E-state index contributed by atoms with van der Waals surface area (Å²) in [6.45, 7) is 3.93. The van der Waals surface area contributed by atoms with Gasteiger partial charge in [0.15, 0.2) is 0 Å². The molecule has 0 aliphatic heterocycles. The first kappa shape index (κ1) is 12.2. The van der Waals surface area contributed by atoms with Crippen LogP contribution in [0.5, 0.6) is 0 Å². The third-order valence-electron chi connectivity index (χ3n) is 1.94. The van der Waals surface area contributed by atoms with Gasteiger partial charge in [-0.05, 0) is 38.1 Å². The molecule has 0 atom stereocenters. The van der Waals surface area contributed by atoms with Gasteiger partial charge in [0.25, 0.3) is 0 Å². The number of esters is 1. The molecule has 0 spiro atoms. The highest BCUT2D eigenvalue weighted by atomic mass is 16.5. The Hall–Kier alpha value is -1.84. The van der Waals surface area contributed by atoms with E-state index in [2.05, 4.69) is 5.32 Å². The lowest BCUT2D eigenvalue weighted by Gasteiger charge is -2.05. The quantitative estimate of drug-likeness (QED) is 0.771. The monoisotopic (exact) mass is 221 g/mol. The molecule has 0 fully saturated rings. The van der Waals surface area contributed by atoms with Crippen molar-refractivity contribution in [2.75, 3.05) is 18.5 Å². The lowest BCUT2D eigenvalue weighted by Crippen LogP contribution is -2.10. The fourth-order valence-electron chi connectivity index (χ4n) is 1.17. The summed E-state index contributed by atoms with van der Waals surface area (Å²) >= 11 is 0. The van der Waals surface area contributed by atoms with Crippen molar-refractivity contribution in [2.24, 2.45) is 0 Å². The van der Waals surface area contributed by atoms with Crippen molar-refractivity contribution in [3.8, 4) is 0 Å². The van der Waals surface area contributed by atoms with Gasteiger partial charge >= 0.3 is 5.97 Å². The summed E-state index contributed by atoms with van der Waals surface area (Å²) in [6, 6.07) is 6.82. The van der Waals surface area contributed by atoms with Crippen LogP contribution in [-0.2, 0) is 9.53 Å². The Bertz CT molecular complexity index is 370. The number of carbonyl (C=O) groups is 2. The van der Waals surface area contributed by atoms with Crippen molar-refractivity contribution in [1.29, 1.82) is 0 Å². The van der Waals surface area contributed by atoms with Crippen LogP contribution in [0.25, 0.3) is 0 Å². The van der Waals surface area contributed by atoms with Crippen LogP contribution < -0.4 is 5.32 Å². The maximum atomic E-state index is 11.3. The molecule has 0 bridgehead atoms. The van der Waals surface area contributed by atoms with Gasteiger partial charge in [0.2, 0.25) is 0 Å². The number of ether oxygens (including phenoxy) is 1. The maximum Gasteiger partial charge on any atom is 0.338 e. The summed E-state index contributed by atoms with van der Waals surface area (Å²) in [5, 5.41) is 2.94. The van der Waals surface area contributed by atoms with Crippen molar-refractivity contribution in [2.45, 2.75) is 13.8 Å². The van der Waals surface area contributed by atoms with Crippen LogP contribution in [0.4, 0.5) is 5.69 Å². The van der Waals surface area contributed by atoms with Crippen LogP contribution in [0.1, 0.15) is 24.2 Å². The molecule has 1 aromatic carbocycles. The average molecular weight is 221 g/mol. The highest BCUT2D eigenvalue weighted by Crippen LogP contribution is 2.10. The Morgan fingerprint density at radius 2 is 1.88 bits per heavy atom. The number of ketones is 1. The van der Waals surface area contributed by atoms with Gasteiger partial charge in [-0.25, -0.2) is 4.79 Å². The zero-order chi connectivity index (χ0) is 12.0. The van der Waals surface area contributed by atoms with E-state index in [0.29, 0.717) is 18.7 Å². The maximum absolute atomic E-state index is 11.3. The molecule has 0 heterocycles. The molecule has 0 aromatic heterocycles. The van der Waals surface area contributed by atoms with Gasteiger partial charge in [-0.15, -0.1) is 0 Å². The summed E-state index contributed by atoms with van der Waals surface area (Å²) in [7, 11) is 0. The number of Topliss-reactive ketones (excluding diaryl/α,β-unsaturated/α-hetero) is 1. The van der Waals surface area contributed by atoms with Gasteiger partial charge in [0, 0.05) is 5.69 Å². The summed E-state index contributed by atoms with van der Waals surface area (Å²) in [5.74, 6) is -0.268. The molecule has 86 valence electrons. The first-order chi connectivity index (χ1) is 7.63. The van der Waals surface area contributed by atoms with E-state index in [9.17, 15) is 9.59 Å². The summed E-state index contributed by atoms with van der Waals surface area (Å²) in [4.78, 5) is 22.1. The second-order valence-corrected chi connectivity index (χ2v) is 3.35. The van der Waals surface area contributed by atoms with Gasteiger partial charge < -0.3 is 10.1 Å². The Morgan fingerprint density at radius 3 is 2.38 bits per heavy atom. The highest BCUT2D eigenvalue weighted by molar-refractivity contribution is 5.90. The van der Waals surface area contributed by atoms with Crippen molar-refractivity contribution < 1.29 is 14.3 Å². The van der Waals surface area contributed by atoms with Crippen LogP contribution in [0, 0.1) is 0 Å². The topological polar surface area (TPSA) is 55.4 Å². The Balaban J connectivity index is 2.60. The van der Waals surface area contributed by atoms with E-state index < -0.39 is 0 Å². The standard InChI is InChI=1S/C12H15NO3/c1-3-16-12(15)10-4-6-11(7-5-10)13-8-9(2)14/h4-7,13H,3,8H2,1-2H3. The third kappa shape index (κ3) is 3.73. The first-order valence-corrected chi connectivity index (χ1v) is 5.14. The van der Waals surface area contributed by atoms with Gasteiger partial charge in [0.05, 0.1) is 18.7 Å². The number of anilines is 1. The average Bonchev–Trinajstić information content (AvgIpc) is 2.27. The van der Waals surface area contributed by atoms with Gasteiger partial charge in [0.1, 0.15) is 5.78 Å². The Labute approximate surface area is 94.6 Å². The second-order valence-electron chi connectivity index (χ2n) is 3.35. The minimum Gasteiger partial charge on any atom is -0.462 e. The number of rotatable bonds is 5. The molecule has 0 saturated heterocycles. The minimum atomic E-state index is -0.333. The van der Waals surface area contributed by atoms with E-state index in [4.69, 9.17) is 4.74 Å². The molecule has 0 aliphatic rings. The van der Waals surface area contributed by atoms with Crippen molar-refractivity contribution in [3.63, 3.8) is 0 Å². The Kier molecular flexibility index (Phi) is 4.51. The first-order valence-electron chi connectivity index (χ1n) is 5.14. The van der Waals surface area contributed by atoms with Crippen molar-refractivity contribution >= 4 is 17.4 Å². The van der Waals surface area contributed by atoms with Crippen LogP contribution in [0.2, 0.25) is 0 Å². The number of hydrogen-bond donors (Lipinski definition) is 1. The third-order valence-corrected chi connectivity index (χ3v) is 1.94. The molecular formula is C12H15NO3. The SMILES string of the molecule is CCOC(=O)c1ccc(NCC(C)=O)cc1. The molecule has 4 heteroatoms. The fraction of sp³-hybridized carbons (Fsp3) is 0.333. The van der Waals surface area contributed by atoms with Crippen LogP contribution in [0.15, 0.2) is 24.3 Å². The van der Waals surface area contributed by atoms with E-state index in [0.717, 1.165) is 5.69 Å². The summed E-state index contributed by atoms with van der Waals surface area (Å²) in [6.07, 6.45) is 0. The molecule has 0 aliphatic carbocycles. The zero-order valence-electron chi connectivity index (χ0n) is 9.45. The lowest BCUT2D eigenvalue weighted by molar-refractivity contribution is -0.115. The van der Waals surface area contributed by atoms with Crippen molar-refractivity contribution in [1.82, 2.24) is 0 Å². The van der Waals surface area contributed by atoms with E-state index in [1.165, 1.54) is 6.92 Å². The number of hydrogen-bond acceptors (Lipinski definition) is 4. The second kappa shape index (κ2) is 5.90. The van der Waals surface area contributed by atoms with E-state index in [1.807, 2.05) is 0 Å². The number of benzene rings is 1. The largest absolute Gasteiger partial charge is 0.462 e. The number of carbonyl (C=O) groups excluding carboxylic acids is 2. The van der Waals surface area contributed by atoms with Crippen molar-refractivity contribution in [3.05, 3.63) is 29.8 Å². The van der Waals surface area contributed by atoms with Gasteiger partial charge in [-0.3, -0.25) is 4.79 Å². The zero-order valence-corrected chi connectivity index (χ0v) is 9.45. The molecule has 1 aromatic rings. The van der Waals surface area contributed by atoms with Crippen LogP contribution in [-0.4, -0.2) is 24.9 Å². The van der Waals surface area contributed by atoms with Crippen LogP contribution >= 0.6 is 0 Å². The molecule has 1 rings (SSSR count). The molecular weight excluding hydrogens is 206 g/mol. The molecule has 0 saturated carbocycles. The van der Waals surface area contributed by atoms with Crippen LogP contribution in [0.3, 0.4) is 0 Å². The normalized spacial score (nSPS) is 9.62. The molecule has 16 heavy (non-hydrogen) atoms. The predicted octanol–water partition coefficient (Wildman–Crippen LogP) is 1.86. The predicted molar refractivity (Wildman–Crippen MR) is 61.6 cm³/mol. The minimum absolute atomic E-state index is 0.0643. The number of nitrogens with one attached hydrogen (secondary N) is 1. The Morgan fingerprint density at radius 1 is 1.25 bits per heavy atom. The van der Waals surface area contributed by atoms with E-state index >= 15 is 0 Å². The summed E-state index contributed by atoms with van der Waals surface area (Å²) < 4.78 is 4.85. The van der Waals surface area contributed by atoms with E-state index in [1.54, 1.807) is 31.2 Å². The van der Waals surface area contributed by atoms with E-state index in [-0.39, 0.29) is 11.8 Å². The van der Waals surface area contributed by atoms with Gasteiger partial charge in [-0.2, -0.15) is 0 Å². The highest BCUT2D eigenvalue weighted by Gasteiger charge is 2.05. The lowest BCUT2D eigenvalue weighted by atomic mass is 10.2. The van der Waals surface area contributed by atoms with Gasteiger partial charge in [-0.1, -0.05) is 0 Å².